The molecule has 74 valence electrons. The number of carbonyl (C=O) groups is 2. The van der Waals surface area contributed by atoms with Crippen LogP contribution in [0.25, 0.3) is 0 Å². The van der Waals surface area contributed by atoms with Crippen molar-refractivity contribution in [1.82, 2.24) is 0 Å². The number of aliphatic carboxylic acids is 2. The van der Waals surface area contributed by atoms with Crippen molar-refractivity contribution in [2.24, 2.45) is 17.8 Å². The lowest BCUT2D eigenvalue weighted by Gasteiger charge is -2.29. The van der Waals surface area contributed by atoms with Crippen molar-refractivity contribution in [2.75, 3.05) is 0 Å². The highest BCUT2D eigenvalue weighted by Gasteiger charge is 2.37. The van der Waals surface area contributed by atoms with E-state index in [2.05, 4.69) is 0 Å². The lowest BCUT2D eigenvalue weighted by Crippen LogP contribution is -2.34. The summed E-state index contributed by atoms with van der Waals surface area (Å²) in [6, 6.07) is 0. The van der Waals surface area contributed by atoms with E-state index >= 15 is 0 Å². The predicted molar refractivity (Wildman–Crippen MR) is 45.3 cm³/mol. The Labute approximate surface area is 76.6 Å². The van der Waals surface area contributed by atoms with Crippen LogP contribution < -0.4 is 0 Å². The molecule has 1 fully saturated rings. The molecule has 0 aromatic rings. The summed E-state index contributed by atoms with van der Waals surface area (Å²) in [4.78, 5) is 21.5. The molecule has 0 aromatic heterocycles. The lowest BCUT2D eigenvalue weighted by atomic mass is 9.75. The summed E-state index contributed by atoms with van der Waals surface area (Å²) >= 11 is 0. The molecule has 0 bridgehead atoms. The molecule has 0 unspecified atom stereocenters. The Morgan fingerprint density at radius 3 is 2.08 bits per heavy atom. The average Bonchev–Trinajstić information content (AvgIpc) is 2.03. The van der Waals surface area contributed by atoms with Crippen molar-refractivity contribution in [3.63, 3.8) is 0 Å². The third kappa shape index (κ3) is 2.20. The first kappa shape index (κ1) is 10.0. The van der Waals surface area contributed by atoms with Crippen LogP contribution in [0.15, 0.2) is 0 Å². The van der Waals surface area contributed by atoms with Crippen LogP contribution in [0, 0.1) is 17.8 Å². The van der Waals surface area contributed by atoms with E-state index in [0.29, 0.717) is 18.8 Å². The van der Waals surface area contributed by atoms with Crippen molar-refractivity contribution in [3.8, 4) is 0 Å². The van der Waals surface area contributed by atoms with Gasteiger partial charge in [-0.3, -0.25) is 9.59 Å². The first-order chi connectivity index (χ1) is 6.02. The van der Waals surface area contributed by atoms with Crippen LogP contribution in [0.3, 0.4) is 0 Å². The van der Waals surface area contributed by atoms with Crippen LogP contribution in [0.1, 0.15) is 26.2 Å². The largest absolute Gasteiger partial charge is 0.481 e. The highest BCUT2D eigenvalue weighted by molar-refractivity contribution is 5.80. The fourth-order valence-electron chi connectivity index (χ4n) is 1.95. The SMILES string of the molecule is C[C@@H]1CC[C@@H](C(=O)O)[C@@H](C(=O)O)C1. The van der Waals surface area contributed by atoms with E-state index in [9.17, 15) is 9.59 Å². The molecule has 2 N–H and O–H groups in total. The fraction of sp³-hybridized carbons (Fsp3) is 0.778. The number of carboxylic acid groups (broad SMARTS) is 2. The van der Waals surface area contributed by atoms with Gasteiger partial charge in [-0.25, -0.2) is 0 Å². The van der Waals surface area contributed by atoms with Gasteiger partial charge in [0.25, 0.3) is 0 Å². The maximum atomic E-state index is 10.8. The molecule has 1 saturated carbocycles. The summed E-state index contributed by atoms with van der Waals surface area (Å²) in [6.45, 7) is 1.97. The highest BCUT2D eigenvalue weighted by Crippen LogP contribution is 2.33. The molecule has 0 radical (unpaired) electrons. The van der Waals surface area contributed by atoms with E-state index in [0.717, 1.165) is 6.42 Å². The minimum atomic E-state index is -0.973. The first-order valence-electron chi connectivity index (χ1n) is 4.48. The zero-order chi connectivity index (χ0) is 10.0. The molecule has 0 heterocycles. The molecule has 1 aliphatic rings. The second-order valence-corrected chi connectivity index (χ2v) is 3.81. The van der Waals surface area contributed by atoms with Gasteiger partial charge in [0.15, 0.2) is 0 Å². The van der Waals surface area contributed by atoms with Crippen LogP contribution in [-0.4, -0.2) is 22.2 Å². The van der Waals surface area contributed by atoms with Crippen LogP contribution >= 0.6 is 0 Å². The lowest BCUT2D eigenvalue weighted by molar-refractivity contribution is -0.156. The van der Waals surface area contributed by atoms with Crippen molar-refractivity contribution in [2.45, 2.75) is 26.2 Å². The molecule has 1 aliphatic carbocycles. The van der Waals surface area contributed by atoms with Gasteiger partial charge in [0.2, 0.25) is 0 Å². The minimum absolute atomic E-state index is 0.330. The topological polar surface area (TPSA) is 74.6 Å². The van der Waals surface area contributed by atoms with Gasteiger partial charge in [-0.05, 0) is 25.2 Å². The van der Waals surface area contributed by atoms with Crippen LogP contribution in [0.5, 0.6) is 0 Å². The quantitative estimate of drug-likeness (QED) is 0.679. The summed E-state index contributed by atoms with van der Waals surface area (Å²) in [5.74, 6) is -3.00. The Kier molecular flexibility index (Phi) is 2.90. The Bertz CT molecular complexity index is 224. The molecule has 0 amide bonds. The molecule has 3 atom stereocenters. The van der Waals surface area contributed by atoms with Gasteiger partial charge in [-0.15, -0.1) is 0 Å². The zero-order valence-electron chi connectivity index (χ0n) is 7.56. The van der Waals surface area contributed by atoms with Gasteiger partial charge >= 0.3 is 11.9 Å². The van der Waals surface area contributed by atoms with Crippen molar-refractivity contribution < 1.29 is 19.8 Å². The third-order valence-corrected chi connectivity index (χ3v) is 2.75. The number of rotatable bonds is 2. The second kappa shape index (κ2) is 3.77. The van der Waals surface area contributed by atoms with Gasteiger partial charge in [0.1, 0.15) is 0 Å². The molecule has 4 heteroatoms. The van der Waals surface area contributed by atoms with Crippen molar-refractivity contribution >= 4 is 11.9 Å². The van der Waals surface area contributed by atoms with Crippen LogP contribution in [-0.2, 0) is 9.59 Å². The first-order valence-corrected chi connectivity index (χ1v) is 4.48. The number of hydrogen-bond donors (Lipinski definition) is 2. The number of hydrogen-bond acceptors (Lipinski definition) is 2. The van der Waals surface area contributed by atoms with Gasteiger partial charge in [0, 0.05) is 0 Å². The predicted octanol–water partition coefficient (Wildman–Crippen LogP) is 1.21. The second-order valence-electron chi connectivity index (χ2n) is 3.81. The number of carboxylic acids is 2. The minimum Gasteiger partial charge on any atom is -0.481 e. The van der Waals surface area contributed by atoms with Gasteiger partial charge < -0.3 is 10.2 Å². The normalized spacial score (nSPS) is 34.1. The molecule has 4 nitrogen and oxygen atoms in total. The van der Waals surface area contributed by atoms with E-state index in [-0.39, 0.29) is 0 Å². The summed E-state index contributed by atoms with van der Waals surface area (Å²) in [6.07, 6.45) is 1.81. The average molecular weight is 186 g/mol. The van der Waals surface area contributed by atoms with E-state index in [1.165, 1.54) is 0 Å². The van der Waals surface area contributed by atoms with Crippen LogP contribution in [0.2, 0.25) is 0 Å². The summed E-state index contributed by atoms with van der Waals surface area (Å²) in [7, 11) is 0. The summed E-state index contributed by atoms with van der Waals surface area (Å²) in [5.41, 5.74) is 0. The van der Waals surface area contributed by atoms with Gasteiger partial charge in [-0.2, -0.15) is 0 Å². The van der Waals surface area contributed by atoms with Crippen molar-refractivity contribution in [1.29, 1.82) is 0 Å². The Morgan fingerprint density at radius 1 is 1.08 bits per heavy atom. The Morgan fingerprint density at radius 2 is 1.62 bits per heavy atom. The van der Waals surface area contributed by atoms with E-state index in [4.69, 9.17) is 10.2 Å². The maximum Gasteiger partial charge on any atom is 0.307 e. The van der Waals surface area contributed by atoms with E-state index < -0.39 is 23.8 Å². The molecule has 0 spiro atoms. The van der Waals surface area contributed by atoms with E-state index in [1.54, 1.807) is 0 Å². The highest BCUT2D eigenvalue weighted by atomic mass is 16.4. The van der Waals surface area contributed by atoms with Crippen LogP contribution in [0.4, 0.5) is 0 Å². The molecule has 13 heavy (non-hydrogen) atoms. The monoisotopic (exact) mass is 186 g/mol. The standard InChI is InChI=1S/C9H14O4/c1-5-2-3-6(8(10)11)7(4-5)9(12)13/h5-7H,2-4H2,1H3,(H,10,11)(H,12,13)/t5-,6-,7+/m1/s1. The molecule has 0 saturated heterocycles. The smallest absolute Gasteiger partial charge is 0.307 e. The zero-order valence-corrected chi connectivity index (χ0v) is 7.56. The van der Waals surface area contributed by atoms with Crippen molar-refractivity contribution in [3.05, 3.63) is 0 Å². The molecular weight excluding hydrogens is 172 g/mol. The summed E-state index contributed by atoms with van der Waals surface area (Å²) < 4.78 is 0. The molecule has 0 aliphatic heterocycles. The maximum absolute atomic E-state index is 10.8. The third-order valence-electron chi connectivity index (χ3n) is 2.75. The molecule has 0 aromatic carbocycles. The fourth-order valence-corrected chi connectivity index (χ4v) is 1.95. The molecule has 1 rings (SSSR count). The summed E-state index contributed by atoms with van der Waals surface area (Å²) in [5, 5.41) is 17.6. The Hall–Kier alpha value is -1.06. The van der Waals surface area contributed by atoms with Gasteiger partial charge in [0.05, 0.1) is 11.8 Å². The Balaban J connectivity index is 2.72. The van der Waals surface area contributed by atoms with E-state index in [1.807, 2.05) is 6.92 Å². The van der Waals surface area contributed by atoms with Gasteiger partial charge in [-0.1, -0.05) is 6.92 Å². The molecular formula is C9H14O4.